The van der Waals surface area contributed by atoms with Crippen molar-refractivity contribution in [2.45, 2.75) is 71.1 Å². The third kappa shape index (κ3) is 3.55. The Hall–Kier alpha value is -0.570. The highest BCUT2D eigenvalue weighted by atomic mass is 16.2. The number of nitrogens with two attached hydrogens (primary N) is 1. The number of amides is 1. The van der Waals surface area contributed by atoms with Crippen LogP contribution in [0.25, 0.3) is 0 Å². The second-order valence-electron chi connectivity index (χ2n) is 6.92. The van der Waals surface area contributed by atoms with Gasteiger partial charge in [-0.3, -0.25) is 4.79 Å². The summed E-state index contributed by atoms with van der Waals surface area (Å²) in [7, 11) is 0. The Bertz CT molecular complexity index is 300. The molecule has 0 atom stereocenters. The minimum Gasteiger partial charge on any atom is -0.342 e. The summed E-state index contributed by atoms with van der Waals surface area (Å²) in [6, 6.07) is 0. The Morgan fingerprint density at radius 2 is 1.75 bits per heavy atom. The maximum Gasteiger partial charge on any atom is 0.230 e. The normalized spacial score (nSPS) is 24.4. The number of carbonyl (C=O) groups excluding carboxylic acids is 1. The molecule has 1 amide bonds. The van der Waals surface area contributed by atoms with E-state index in [0.29, 0.717) is 12.5 Å². The minimum atomic E-state index is -0.228. The zero-order valence-electron chi connectivity index (χ0n) is 13.2. The zero-order valence-corrected chi connectivity index (χ0v) is 13.2. The van der Waals surface area contributed by atoms with Crippen LogP contribution < -0.4 is 5.73 Å². The molecule has 1 aliphatic heterocycles. The van der Waals surface area contributed by atoms with Crippen LogP contribution in [0.3, 0.4) is 0 Å². The third-order valence-corrected chi connectivity index (χ3v) is 5.50. The van der Waals surface area contributed by atoms with Crippen molar-refractivity contribution in [3.05, 3.63) is 0 Å². The van der Waals surface area contributed by atoms with Gasteiger partial charge in [-0.2, -0.15) is 0 Å². The number of carbonyl (C=O) groups is 1. The predicted octanol–water partition coefficient (Wildman–Crippen LogP) is 3.32. The molecule has 0 aromatic heterocycles. The van der Waals surface area contributed by atoms with Crippen molar-refractivity contribution in [3.8, 4) is 0 Å². The van der Waals surface area contributed by atoms with Crippen LogP contribution in [0.4, 0.5) is 0 Å². The Morgan fingerprint density at radius 3 is 2.25 bits per heavy atom. The number of likely N-dealkylation sites (tertiary alicyclic amines) is 1. The SMILES string of the molecule is CCCC1CCN(C(=O)C2(CN)CCCCCC2)CC1. The average Bonchev–Trinajstić information content (AvgIpc) is 2.74. The molecule has 3 heteroatoms. The summed E-state index contributed by atoms with van der Waals surface area (Å²) in [5.74, 6) is 1.21. The zero-order chi connectivity index (χ0) is 14.4. The van der Waals surface area contributed by atoms with Gasteiger partial charge in [-0.15, -0.1) is 0 Å². The van der Waals surface area contributed by atoms with Gasteiger partial charge in [-0.1, -0.05) is 45.4 Å². The summed E-state index contributed by atoms with van der Waals surface area (Å²) in [5, 5.41) is 0. The molecule has 2 fully saturated rings. The van der Waals surface area contributed by atoms with Gasteiger partial charge in [-0.05, 0) is 31.6 Å². The molecule has 0 aromatic carbocycles. The average molecular weight is 280 g/mol. The van der Waals surface area contributed by atoms with Crippen molar-refractivity contribution in [2.24, 2.45) is 17.1 Å². The number of piperidine rings is 1. The summed E-state index contributed by atoms with van der Waals surface area (Å²) in [6.45, 7) is 4.73. The van der Waals surface area contributed by atoms with Crippen molar-refractivity contribution >= 4 is 5.91 Å². The Kier molecular flexibility index (Phi) is 5.88. The van der Waals surface area contributed by atoms with Gasteiger partial charge in [0.25, 0.3) is 0 Å². The smallest absolute Gasteiger partial charge is 0.230 e. The van der Waals surface area contributed by atoms with Gasteiger partial charge < -0.3 is 10.6 Å². The molecule has 0 radical (unpaired) electrons. The molecule has 1 saturated carbocycles. The van der Waals surface area contributed by atoms with Crippen molar-refractivity contribution in [3.63, 3.8) is 0 Å². The summed E-state index contributed by atoms with van der Waals surface area (Å²) in [4.78, 5) is 15.1. The molecule has 3 nitrogen and oxygen atoms in total. The highest BCUT2D eigenvalue weighted by Gasteiger charge is 2.40. The fourth-order valence-electron chi connectivity index (χ4n) is 4.08. The molecule has 2 aliphatic rings. The first-order chi connectivity index (χ1) is 9.72. The molecule has 0 bridgehead atoms. The quantitative estimate of drug-likeness (QED) is 0.803. The van der Waals surface area contributed by atoms with E-state index in [2.05, 4.69) is 11.8 Å². The van der Waals surface area contributed by atoms with Gasteiger partial charge in [0.15, 0.2) is 0 Å². The lowest BCUT2D eigenvalue weighted by Gasteiger charge is -2.39. The van der Waals surface area contributed by atoms with Crippen molar-refractivity contribution < 1.29 is 4.79 Å². The molecular weight excluding hydrogens is 248 g/mol. The minimum absolute atomic E-state index is 0.228. The summed E-state index contributed by atoms with van der Waals surface area (Å²) in [6.07, 6.45) is 11.9. The first-order valence-electron chi connectivity index (χ1n) is 8.71. The van der Waals surface area contributed by atoms with Gasteiger partial charge in [0.2, 0.25) is 5.91 Å². The van der Waals surface area contributed by atoms with E-state index in [0.717, 1.165) is 31.8 Å². The molecule has 1 aliphatic carbocycles. The van der Waals surface area contributed by atoms with Crippen LogP contribution in [-0.4, -0.2) is 30.4 Å². The van der Waals surface area contributed by atoms with Gasteiger partial charge in [0, 0.05) is 19.6 Å². The molecule has 2 N–H and O–H groups in total. The fourth-order valence-corrected chi connectivity index (χ4v) is 4.08. The van der Waals surface area contributed by atoms with E-state index < -0.39 is 0 Å². The Balaban J connectivity index is 1.95. The highest BCUT2D eigenvalue weighted by Crippen LogP contribution is 2.37. The lowest BCUT2D eigenvalue weighted by Crippen LogP contribution is -2.50. The first-order valence-corrected chi connectivity index (χ1v) is 8.71. The van der Waals surface area contributed by atoms with E-state index in [1.54, 1.807) is 0 Å². The topological polar surface area (TPSA) is 46.3 Å². The van der Waals surface area contributed by atoms with Crippen molar-refractivity contribution in [2.75, 3.05) is 19.6 Å². The van der Waals surface area contributed by atoms with Crippen LogP contribution in [0.15, 0.2) is 0 Å². The summed E-state index contributed by atoms with van der Waals surface area (Å²) < 4.78 is 0. The summed E-state index contributed by atoms with van der Waals surface area (Å²) >= 11 is 0. The lowest BCUT2D eigenvalue weighted by molar-refractivity contribution is -0.144. The van der Waals surface area contributed by atoms with Crippen LogP contribution in [-0.2, 0) is 4.79 Å². The van der Waals surface area contributed by atoms with Crippen molar-refractivity contribution in [1.82, 2.24) is 4.90 Å². The molecule has 1 heterocycles. The second kappa shape index (κ2) is 7.44. The van der Waals surface area contributed by atoms with Crippen LogP contribution in [0.5, 0.6) is 0 Å². The van der Waals surface area contributed by atoms with Gasteiger partial charge in [0.1, 0.15) is 0 Å². The summed E-state index contributed by atoms with van der Waals surface area (Å²) in [5.41, 5.74) is 5.81. The van der Waals surface area contributed by atoms with E-state index in [1.807, 2.05) is 0 Å². The second-order valence-corrected chi connectivity index (χ2v) is 6.92. The molecular formula is C17H32N2O. The van der Waals surface area contributed by atoms with E-state index in [9.17, 15) is 4.79 Å². The van der Waals surface area contributed by atoms with Gasteiger partial charge in [0.05, 0.1) is 5.41 Å². The maximum atomic E-state index is 13.0. The molecule has 1 saturated heterocycles. The van der Waals surface area contributed by atoms with Crippen molar-refractivity contribution in [1.29, 1.82) is 0 Å². The van der Waals surface area contributed by atoms with E-state index in [4.69, 9.17) is 5.73 Å². The van der Waals surface area contributed by atoms with Crippen LogP contribution in [0.2, 0.25) is 0 Å². The standard InChI is InChI=1S/C17H32N2O/c1-2-7-15-8-12-19(13-9-15)16(20)17(14-18)10-5-3-4-6-11-17/h15H,2-14,18H2,1H3. The molecule has 2 rings (SSSR count). The monoisotopic (exact) mass is 280 g/mol. The lowest BCUT2D eigenvalue weighted by atomic mass is 9.78. The molecule has 0 unspecified atom stereocenters. The number of rotatable bonds is 4. The first kappa shape index (κ1) is 15.8. The van der Waals surface area contributed by atoms with E-state index in [1.165, 1.54) is 51.4 Å². The highest BCUT2D eigenvalue weighted by molar-refractivity contribution is 5.83. The predicted molar refractivity (Wildman–Crippen MR) is 83.4 cm³/mol. The Labute approximate surface area is 124 Å². The molecule has 0 aromatic rings. The van der Waals surface area contributed by atoms with Crippen LogP contribution in [0.1, 0.15) is 71.1 Å². The van der Waals surface area contributed by atoms with Gasteiger partial charge in [-0.25, -0.2) is 0 Å². The Morgan fingerprint density at radius 1 is 1.15 bits per heavy atom. The number of nitrogens with zero attached hydrogens (tertiary/aromatic N) is 1. The number of hydrogen-bond acceptors (Lipinski definition) is 2. The molecule has 0 spiro atoms. The van der Waals surface area contributed by atoms with Gasteiger partial charge >= 0.3 is 0 Å². The van der Waals surface area contributed by atoms with E-state index >= 15 is 0 Å². The largest absolute Gasteiger partial charge is 0.342 e. The van der Waals surface area contributed by atoms with E-state index in [-0.39, 0.29) is 5.41 Å². The third-order valence-electron chi connectivity index (χ3n) is 5.50. The van der Waals surface area contributed by atoms with Crippen LogP contribution in [0, 0.1) is 11.3 Å². The fraction of sp³-hybridized carbons (Fsp3) is 0.941. The maximum absolute atomic E-state index is 13.0. The number of hydrogen-bond donors (Lipinski definition) is 1. The molecule has 116 valence electrons. The molecule has 20 heavy (non-hydrogen) atoms. The van der Waals surface area contributed by atoms with Crippen LogP contribution >= 0.6 is 0 Å².